The molecule has 89 valence electrons. The second-order valence-electron chi connectivity index (χ2n) is 3.85. The third-order valence-electron chi connectivity index (χ3n) is 2.01. The van der Waals surface area contributed by atoms with E-state index in [9.17, 15) is 0 Å². The minimum absolute atomic E-state index is 0.305. The molecule has 0 fully saturated rings. The topological polar surface area (TPSA) is 50.7 Å². The van der Waals surface area contributed by atoms with E-state index in [1.807, 2.05) is 0 Å². The highest BCUT2D eigenvalue weighted by molar-refractivity contribution is 7.14. The maximum Gasteiger partial charge on any atom is 0.151 e. The molecule has 0 aliphatic heterocycles. The van der Waals surface area contributed by atoms with Gasteiger partial charge in [-0.05, 0) is 19.9 Å². The lowest BCUT2D eigenvalue weighted by atomic mass is 10.2. The summed E-state index contributed by atoms with van der Waals surface area (Å²) in [5.41, 5.74) is 1.81. The molecule has 4 nitrogen and oxygen atoms in total. The third kappa shape index (κ3) is 2.92. The van der Waals surface area contributed by atoms with E-state index in [0.29, 0.717) is 16.2 Å². The number of aromatic nitrogens is 3. The van der Waals surface area contributed by atoms with Gasteiger partial charge in [0, 0.05) is 24.8 Å². The molecule has 17 heavy (non-hydrogen) atoms. The first-order chi connectivity index (χ1) is 8.06. The fraction of sp³-hybridized carbons (Fsp3) is 0.273. The zero-order chi connectivity index (χ0) is 12.4. The van der Waals surface area contributed by atoms with Gasteiger partial charge < -0.3 is 5.32 Å². The largest absolute Gasteiger partial charge is 0.382 e. The lowest BCUT2D eigenvalue weighted by Gasteiger charge is -2.13. The van der Waals surface area contributed by atoms with Crippen LogP contribution < -0.4 is 5.32 Å². The van der Waals surface area contributed by atoms with Crippen LogP contribution in [0.15, 0.2) is 12.3 Å². The van der Waals surface area contributed by atoms with Crippen LogP contribution in [0.4, 0.5) is 5.69 Å². The molecule has 0 atom stereocenters. The fourth-order valence-electron chi connectivity index (χ4n) is 1.39. The van der Waals surface area contributed by atoms with Crippen molar-refractivity contribution in [3.8, 4) is 10.6 Å². The molecule has 2 heterocycles. The van der Waals surface area contributed by atoms with Gasteiger partial charge in [0.15, 0.2) is 5.01 Å². The minimum Gasteiger partial charge on any atom is -0.382 e. The Balaban J connectivity index is 2.45. The van der Waals surface area contributed by atoms with Crippen molar-refractivity contribution in [2.75, 3.05) is 5.32 Å². The van der Waals surface area contributed by atoms with Crippen LogP contribution in [0.1, 0.15) is 18.9 Å². The number of nitrogens with zero attached hydrogens (tertiary/aromatic N) is 3. The molecule has 0 aliphatic carbocycles. The quantitative estimate of drug-likeness (QED) is 0.868. The Bertz CT molecular complexity index is 524. The molecule has 0 aliphatic rings. The zero-order valence-electron chi connectivity index (χ0n) is 9.57. The molecular weight excluding hydrogens is 256 g/mol. The molecule has 6 heteroatoms. The van der Waals surface area contributed by atoms with Crippen LogP contribution in [0, 0.1) is 6.92 Å². The molecule has 0 unspecified atom stereocenters. The van der Waals surface area contributed by atoms with E-state index >= 15 is 0 Å². The molecule has 0 amide bonds. The first kappa shape index (κ1) is 12.3. The van der Waals surface area contributed by atoms with Crippen molar-refractivity contribution in [1.82, 2.24) is 15.2 Å². The number of pyridine rings is 1. The molecule has 0 bridgehead atoms. The van der Waals surface area contributed by atoms with Crippen LogP contribution in [0.3, 0.4) is 0 Å². The molecule has 0 spiro atoms. The van der Waals surface area contributed by atoms with Gasteiger partial charge in [0.25, 0.3) is 0 Å². The molecule has 2 aromatic rings. The Hall–Kier alpha value is -1.20. The molecular formula is C11H12ClN4S. The van der Waals surface area contributed by atoms with Crippen LogP contribution in [0.2, 0.25) is 5.15 Å². The summed E-state index contributed by atoms with van der Waals surface area (Å²) in [6, 6.07) is 2.10. The molecule has 0 saturated heterocycles. The van der Waals surface area contributed by atoms with Crippen LogP contribution in [0.5, 0.6) is 0 Å². The summed E-state index contributed by atoms with van der Waals surface area (Å²) in [6.07, 6.45) is 1.70. The van der Waals surface area contributed by atoms with Gasteiger partial charge in [-0.2, -0.15) is 0 Å². The summed E-state index contributed by atoms with van der Waals surface area (Å²) in [5.74, 6) is 0. The molecule has 1 N–H and O–H groups in total. The summed E-state index contributed by atoms with van der Waals surface area (Å²) in [6.45, 7) is 7.87. The molecule has 2 aromatic heterocycles. The van der Waals surface area contributed by atoms with Gasteiger partial charge in [0.2, 0.25) is 0 Å². The molecule has 0 aromatic carbocycles. The van der Waals surface area contributed by atoms with Gasteiger partial charge in [-0.15, -0.1) is 10.2 Å². The summed E-state index contributed by atoms with van der Waals surface area (Å²) in [5, 5.41) is 13.2. The number of hydrogen-bond acceptors (Lipinski definition) is 5. The predicted molar refractivity (Wildman–Crippen MR) is 71.4 cm³/mol. The van der Waals surface area contributed by atoms with Crippen molar-refractivity contribution >= 4 is 28.6 Å². The second-order valence-corrected chi connectivity index (χ2v) is 5.30. The average Bonchev–Trinajstić information content (AvgIpc) is 2.64. The second kappa shape index (κ2) is 4.98. The zero-order valence-corrected chi connectivity index (χ0v) is 11.1. The highest BCUT2D eigenvalue weighted by Crippen LogP contribution is 2.31. The number of nitrogens with one attached hydrogen (secondary N) is 1. The van der Waals surface area contributed by atoms with Gasteiger partial charge in [0.05, 0.1) is 5.56 Å². The van der Waals surface area contributed by atoms with E-state index < -0.39 is 0 Å². The van der Waals surface area contributed by atoms with E-state index in [2.05, 4.69) is 41.3 Å². The first-order valence-electron chi connectivity index (χ1n) is 5.14. The van der Waals surface area contributed by atoms with Gasteiger partial charge in [-0.1, -0.05) is 22.9 Å². The standard InChI is InChI=1S/C11H12ClN4S/c1-6(2)14-9-4-10(12)13-5-8(9)11-16-15-7(3)17-11/h4-6H,3H2,1-2H3,(H,13,14). The molecule has 0 saturated carbocycles. The Labute approximate surface area is 109 Å². The van der Waals surface area contributed by atoms with Crippen LogP contribution >= 0.6 is 22.9 Å². The van der Waals surface area contributed by atoms with Crippen molar-refractivity contribution in [3.63, 3.8) is 0 Å². The Morgan fingerprint density at radius 2 is 2.18 bits per heavy atom. The van der Waals surface area contributed by atoms with Crippen LogP contribution in [0.25, 0.3) is 10.6 Å². The van der Waals surface area contributed by atoms with Gasteiger partial charge in [-0.3, -0.25) is 0 Å². The Morgan fingerprint density at radius 3 is 2.76 bits per heavy atom. The van der Waals surface area contributed by atoms with Crippen molar-refractivity contribution in [1.29, 1.82) is 0 Å². The average molecular weight is 268 g/mol. The Kier molecular flexibility index (Phi) is 3.59. The lowest BCUT2D eigenvalue weighted by Crippen LogP contribution is -2.10. The van der Waals surface area contributed by atoms with E-state index in [0.717, 1.165) is 16.3 Å². The van der Waals surface area contributed by atoms with E-state index in [4.69, 9.17) is 11.6 Å². The summed E-state index contributed by atoms with van der Waals surface area (Å²) < 4.78 is 0. The normalized spacial score (nSPS) is 10.9. The number of halogens is 1. The summed E-state index contributed by atoms with van der Waals surface area (Å²) >= 11 is 7.33. The van der Waals surface area contributed by atoms with E-state index in [-0.39, 0.29) is 0 Å². The van der Waals surface area contributed by atoms with Crippen molar-refractivity contribution in [2.45, 2.75) is 19.9 Å². The fourth-order valence-corrected chi connectivity index (χ4v) is 2.21. The lowest BCUT2D eigenvalue weighted by molar-refractivity contribution is 0.899. The minimum atomic E-state index is 0.305. The third-order valence-corrected chi connectivity index (χ3v) is 3.03. The van der Waals surface area contributed by atoms with Crippen molar-refractivity contribution < 1.29 is 0 Å². The van der Waals surface area contributed by atoms with Crippen LogP contribution in [-0.2, 0) is 0 Å². The SMILES string of the molecule is [CH2]c1nnc(-c2cnc(Cl)cc2NC(C)C)s1. The maximum atomic E-state index is 5.90. The number of rotatable bonds is 3. The summed E-state index contributed by atoms with van der Waals surface area (Å²) in [7, 11) is 0. The predicted octanol–water partition coefficient (Wildman–Crippen LogP) is 3.26. The monoisotopic (exact) mass is 267 g/mol. The highest BCUT2D eigenvalue weighted by atomic mass is 35.5. The van der Waals surface area contributed by atoms with Gasteiger partial charge >= 0.3 is 0 Å². The van der Waals surface area contributed by atoms with Crippen molar-refractivity contribution in [2.24, 2.45) is 0 Å². The molecule has 1 radical (unpaired) electrons. The smallest absolute Gasteiger partial charge is 0.151 e. The van der Waals surface area contributed by atoms with Gasteiger partial charge in [0.1, 0.15) is 10.2 Å². The van der Waals surface area contributed by atoms with E-state index in [1.54, 1.807) is 12.3 Å². The van der Waals surface area contributed by atoms with Gasteiger partial charge in [-0.25, -0.2) is 4.98 Å². The Morgan fingerprint density at radius 1 is 1.41 bits per heavy atom. The van der Waals surface area contributed by atoms with Crippen molar-refractivity contribution in [3.05, 3.63) is 29.3 Å². The maximum absolute atomic E-state index is 5.90. The first-order valence-corrected chi connectivity index (χ1v) is 6.33. The number of hydrogen-bond donors (Lipinski definition) is 1. The number of anilines is 1. The summed E-state index contributed by atoms with van der Waals surface area (Å²) in [4.78, 5) is 4.08. The molecule has 2 rings (SSSR count). The highest BCUT2D eigenvalue weighted by Gasteiger charge is 2.11. The van der Waals surface area contributed by atoms with Crippen LogP contribution in [-0.4, -0.2) is 21.2 Å². The van der Waals surface area contributed by atoms with E-state index in [1.165, 1.54) is 11.3 Å².